The lowest BCUT2D eigenvalue weighted by Gasteiger charge is -2.38. The molecular weight excluding hydrogens is 510 g/mol. The molecule has 5 rings (SSSR count). The number of benzene rings is 4. The van der Waals surface area contributed by atoms with E-state index >= 15 is 0 Å². The zero-order chi connectivity index (χ0) is 27.8. The van der Waals surface area contributed by atoms with E-state index in [1.54, 1.807) is 84.9 Å². The number of sulfonamides is 1. The van der Waals surface area contributed by atoms with Gasteiger partial charge in [-0.15, -0.1) is 0 Å². The van der Waals surface area contributed by atoms with Crippen LogP contribution in [0.15, 0.2) is 126 Å². The number of hydrogen-bond donors (Lipinski definition) is 0. The summed E-state index contributed by atoms with van der Waals surface area (Å²) < 4.78 is 34.2. The number of ether oxygens (including phenoxy) is 1. The maximum absolute atomic E-state index is 15.0. The molecule has 6 nitrogen and oxygen atoms in total. The fraction of sp³-hybridized carbons (Fsp3) is 0.125. The van der Waals surface area contributed by atoms with E-state index in [9.17, 15) is 18.0 Å². The van der Waals surface area contributed by atoms with Crippen LogP contribution in [-0.4, -0.2) is 27.4 Å². The molecule has 7 heteroatoms. The van der Waals surface area contributed by atoms with E-state index in [1.807, 2.05) is 19.1 Å². The Bertz CT molecular complexity index is 1660. The zero-order valence-electron chi connectivity index (χ0n) is 21.6. The minimum atomic E-state index is -4.33. The molecule has 2 atom stereocenters. The summed E-state index contributed by atoms with van der Waals surface area (Å²) in [6.07, 6.45) is 0. The first-order valence-electron chi connectivity index (χ1n) is 12.4. The average Bonchev–Trinajstić information content (AvgIpc) is 3.23. The third-order valence-electron chi connectivity index (χ3n) is 7.22. The van der Waals surface area contributed by atoms with E-state index in [4.69, 9.17) is 4.74 Å². The van der Waals surface area contributed by atoms with Gasteiger partial charge in [0.1, 0.15) is 5.41 Å². The number of aryl methyl sites for hydroxylation is 1. The van der Waals surface area contributed by atoms with Crippen molar-refractivity contribution in [2.75, 3.05) is 11.4 Å². The van der Waals surface area contributed by atoms with E-state index in [2.05, 4.69) is 6.58 Å². The van der Waals surface area contributed by atoms with Gasteiger partial charge in [-0.05, 0) is 41.8 Å². The molecule has 4 aromatic rings. The third kappa shape index (κ3) is 4.06. The summed E-state index contributed by atoms with van der Waals surface area (Å²) in [6.45, 7) is 5.94. The summed E-state index contributed by atoms with van der Waals surface area (Å²) in [5.41, 5.74) is 1.12. The van der Waals surface area contributed by atoms with Crippen molar-refractivity contribution in [3.05, 3.63) is 144 Å². The quantitative estimate of drug-likeness (QED) is 0.229. The van der Waals surface area contributed by atoms with Crippen LogP contribution in [-0.2, 0) is 29.8 Å². The van der Waals surface area contributed by atoms with Crippen LogP contribution >= 0.6 is 0 Å². The number of nitrogens with zero attached hydrogens (tertiary/aromatic N) is 1. The highest BCUT2D eigenvalue weighted by Gasteiger charge is 2.61. The van der Waals surface area contributed by atoms with Gasteiger partial charge in [-0.1, -0.05) is 103 Å². The molecule has 0 fully saturated rings. The molecule has 0 spiro atoms. The normalized spacial score (nSPS) is 17.4. The molecule has 0 N–H and O–H groups in total. The number of anilines is 1. The van der Waals surface area contributed by atoms with E-state index in [-0.39, 0.29) is 16.2 Å². The Morgan fingerprint density at radius 3 is 2.03 bits per heavy atom. The Balaban J connectivity index is 1.88. The number of hydrogen-bond acceptors (Lipinski definition) is 5. The highest BCUT2D eigenvalue weighted by molar-refractivity contribution is 7.93. The fourth-order valence-corrected chi connectivity index (χ4v) is 6.93. The van der Waals surface area contributed by atoms with Crippen molar-refractivity contribution in [3.63, 3.8) is 0 Å². The van der Waals surface area contributed by atoms with Crippen LogP contribution in [0.2, 0.25) is 0 Å². The van der Waals surface area contributed by atoms with Crippen LogP contribution in [0.4, 0.5) is 5.69 Å². The van der Waals surface area contributed by atoms with Crippen LogP contribution in [0.5, 0.6) is 0 Å². The van der Waals surface area contributed by atoms with Crippen molar-refractivity contribution in [3.8, 4) is 0 Å². The van der Waals surface area contributed by atoms with Crippen molar-refractivity contribution in [1.82, 2.24) is 0 Å². The van der Waals surface area contributed by atoms with E-state index < -0.39 is 33.2 Å². The highest BCUT2D eigenvalue weighted by atomic mass is 32.2. The molecule has 0 bridgehead atoms. The van der Waals surface area contributed by atoms with Crippen molar-refractivity contribution in [2.24, 2.45) is 0 Å². The first kappa shape index (κ1) is 26.1. The van der Waals surface area contributed by atoms with Crippen molar-refractivity contribution >= 4 is 27.6 Å². The topological polar surface area (TPSA) is 80.8 Å². The molecule has 0 saturated carbocycles. The molecule has 1 aliphatic heterocycles. The lowest BCUT2D eigenvalue weighted by molar-refractivity contribution is -0.136. The molecule has 4 aromatic carbocycles. The Labute approximate surface area is 228 Å². The van der Waals surface area contributed by atoms with E-state index in [1.165, 1.54) is 19.2 Å². The predicted molar refractivity (Wildman–Crippen MR) is 150 cm³/mol. The molecule has 39 heavy (non-hydrogen) atoms. The summed E-state index contributed by atoms with van der Waals surface area (Å²) >= 11 is 0. The molecular formula is C32H27NO5S. The monoisotopic (exact) mass is 537 g/mol. The molecule has 1 heterocycles. The maximum atomic E-state index is 15.0. The minimum absolute atomic E-state index is 0.0110. The highest BCUT2D eigenvalue weighted by Crippen LogP contribution is 2.57. The molecule has 196 valence electrons. The molecule has 1 amide bonds. The van der Waals surface area contributed by atoms with Crippen molar-refractivity contribution < 1.29 is 22.7 Å². The van der Waals surface area contributed by atoms with Gasteiger partial charge in [-0.3, -0.25) is 4.79 Å². The smallest absolute Gasteiger partial charge is 0.333 e. The van der Waals surface area contributed by atoms with E-state index in [0.717, 1.165) is 9.87 Å². The second kappa shape index (κ2) is 10.0. The molecule has 0 aliphatic carbocycles. The largest absolute Gasteiger partial charge is 0.466 e. The van der Waals surface area contributed by atoms with Gasteiger partial charge in [0.2, 0.25) is 0 Å². The lowest BCUT2D eigenvalue weighted by atomic mass is 9.62. The second-order valence-electron chi connectivity index (χ2n) is 9.44. The van der Waals surface area contributed by atoms with E-state index in [0.29, 0.717) is 16.7 Å². The molecule has 1 aliphatic rings. The van der Waals surface area contributed by atoms with Gasteiger partial charge >= 0.3 is 5.97 Å². The summed E-state index contributed by atoms with van der Waals surface area (Å²) in [6, 6.07) is 31.1. The first-order chi connectivity index (χ1) is 18.7. The van der Waals surface area contributed by atoms with Crippen LogP contribution in [0.3, 0.4) is 0 Å². The van der Waals surface area contributed by atoms with Gasteiger partial charge < -0.3 is 4.74 Å². The van der Waals surface area contributed by atoms with Gasteiger partial charge in [0.25, 0.3) is 15.9 Å². The number of fused-ring (bicyclic) bond motifs is 1. The maximum Gasteiger partial charge on any atom is 0.333 e. The molecule has 0 saturated heterocycles. The fourth-order valence-electron chi connectivity index (χ4n) is 5.46. The van der Waals surface area contributed by atoms with Crippen LogP contribution in [0.25, 0.3) is 0 Å². The standard InChI is InChI=1S/C32H27NO5S/c1-22-18-20-26(21-19-22)39(36,37)33-28-17-11-10-16-27(28)32(31(33)35,25-14-8-5-9-15-25)29(23(2)30(34)38-3)24-12-6-4-7-13-24/h4-21,29H,2H2,1,3H3/t29-,32-/m0/s1. The number of carbonyl (C=O) groups is 2. The number of esters is 1. The van der Waals surface area contributed by atoms with Crippen LogP contribution in [0.1, 0.15) is 28.2 Å². The summed E-state index contributed by atoms with van der Waals surface area (Å²) in [5.74, 6) is -2.36. The molecule has 0 aromatic heterocycles. The van der Waals surface area contributed by atoms with Crippen molar-refractivity contribution in [2.45, 2.75) is 23.2 Å². The number of amides is 1. The van der Waals surface area contributed by atoms with Gasteiger partial charge in [0.05, 0.1) is 17.7 Å². The Morgan fingerprint density at radius 2 is 1.41 bits per heavy atom. The van der Waals surface area contributed by atoms with Gasteiger partial charge in [0, 0.05) is 11.5 Å². The zero-order valence-corrected chi connectivity index (χ0v) is 22.4. The average molecular weight is 538 g/mol. The molecule has 0 radical (unpaired) electrons. The number of para-hydroxylation sites is 1. The Morgan fingerprint density at radius 1 is 0.846 bits per heavy atom. The SMILES string of the molecule is C=C(C(=O)OC)[C@@H](c1ccccc1)[C@@]1(c2ccccc2)C(=O)N(S(=O)(=O)c2ccc(C)cc2)c2ccccc21. The number of rotatable bonds is 7. The third-order valence-corrected chi connectivity index (χ3v) is 8.93. The summed E-state index contributed by atoms with van der Waals surface area (Å²) in [5, 5.41) is 0. The lowest BCUT2D eigenvalue weighted by Crippen LogP contribution is -2.48. The summed E-state index contributed by atoms with van der Waals surface area (Å²) in [4.78, 5) is 28.0. The van der Waals surface area contributed by atoms with Gasteiger partial charge in [-0.25, -0.2) is 17.5 Å². The summed E-state index contributed by atoms with van der Waals surface area (Å²) in [7, 11) is -3.07. The Kier molecular flexibility index (Phi) is 6.70. The molecule has 0 unspecified atom stereocenters. The minimum Gasteiger partial charge on any atom is -0.466 e. The predicted octanol–water partition coefficient (Wildman–Crippen LogP) is 5.53. The van der Waals surface area contributed by atoms with Crippen LogP contribution in [0, 0.1) is 6.92 Å². The first-order valence-corrected chi connectivity index (χ1v) is 13.8. The number of methoxy groups -OCH3 is 1. The second-order valence-corrected chi connectivity index (χ2v) is 11.2. The van der Waals surface area contributed by atoms with Gasteiger partial charge in [0.15, 0.2) is 0 Å². The van der Waals surface area contributed by atoms with Gasteiger partial charge in [-0.2, -0.15) is 0 Å². The van der Waals surface area contributed by atoms with Crippen molar-refractivity contribution in [1.29, 1.82) is 0 Å². The van der Waals surface area contributed by atoms with Crippen LogP contribution < -0.4 is 4.31 Å². The Hall–Kier alpha value is -4.49. The number of carbonyl (C=O) groups excluding carboxylic acids is 2.